The summed E-state index contributed by atoms with van der Waals surface area (Å²) in [4.78, 5) is 11.4. The Balaban J connectivity index is 2.45. The second kappa shape index (κ2) is 8.37. The average molecular weight is 312 g/mol. The van der Waals surface area contributed by atoms with Gasteiger partial charge in [-0.1, -0.05) is 55.8 Å². The Morgan fingerprint density at radius 3 is 2.52 bits per heavy atom. The number of hydrogen-bond acceptors (Lipinski definition) is 2. The lowest BCUT2D eigenvalue weighted by Gasteiger charge is -2.20. The van der Waals surface area contributed by atoms with Crippen molar-refractivity contribution in [2.24, 2.45) is 0 Å². The van der Waals surface area contributed by atoms with Crippen LogP contribution in [0.4, 0.5) is 0 Å². The van der Waals surface area contributed by atoms with Gasteiger partial charge in [0, 0.05) is 11.5 Å². The molecule has 2 aromatic carbocycles. The second-order valence-corrected chi connectivity index (χ2v) is 5.74. The maximum atomic E-state index is 11.4. The summed E-state index contributed by atoms with van der Waals surface area (Å²) < 4.78 is 5.50. The van der Waals surface area contributed by atoms with Crippen LogP contribution in [0.25, 0.3) is 0 Å². The number of carboxylic acids is 1. The van der Waals surface area contributed by atoms with Crippen LogP contribution in [0.15, 0.2) is 48.5 Å². The monoisotopic (exact) mass is 312 g/mol. The van der Waals surface area contributed by atoms with Crippen molar-refractivity contribution in [3.8, 4) is 5.75 Å². The number of ether oxygens (including phenoxy) is 1. The van der Waals surface area contributed by atoms with E-state index in [1.165, 1.54) is 5.56 Å². The van der Waals surface area contributed by atoms with E-state index >= 15 is 0 Å². The van der Waals surface area contributed by atoms with Gasteiger partial charge < -0.3 is 9.84 Å². The van der Waals surface area contributed by atoms with Crippen molar-refractivity contribution in [1.29, 1.82) is 0 Å². The van der Waals surface area contributed by atoms with Gasteiger partial charge in [-0.3, -0.25) is 4.79 Å². The van der Waals surface area contributed by atoms with Crippen LogP contribution in [-0.4, -0.2) is 18.2 Å². The summed E-state index contributed by atoms with van der Waals surface area (Å²) in [6.07, 6.45) is 3.32. The Bertz CT molecular complexity index is 635. The maximum Gasteiger partial charge on any atom is 0.304 e. The first-order valence-electron chi connectivity index (χ1n) is 8.09. The Labute approximate surface area is 137 Å². The smallest absolute Gasteiger partial charge is 0.304 e. The molecule has 3 heteroatoms. The quantitative estimate of drug-likeness (QED) is 0.772. The van der Waals surface area contributed by atoms with Crippen molar-refractivity contribution >= 4 is 5.97 Å². The molecule has 2 aromatic rings. The highest BCUT2D eigenvalue weighted by atomic mass is 16.5. The summed E-state index contributed by atoms with van der Waals surface area (Å²) in [7, 11) is 1.63. The highest BCUT2D eigenvalue weighted by molar-refractivity contribution is 5.69. The molecule has 0 aliphatic rings. The van der Waals surface area contributed by atoms with E-state index in [9.17, 15) is 9.90 Å². The topological polar surface area (TPSA) is 46.5 Å². The Kier molecular flexibility index (Phi) is 6.21. The van der Waals surface area contributed by atoms with Crippen molar-refractivity contribution in [3.05, 3.63) is 65.2 Å². The average Bonchev–Trinajstić information content (AvgIpc) is 2.58. The number of rotatable bonds is 8. The molecular formula is C20H24O3. The molecule has 0 saturated heterocycles. The van der Waals surface area contributed by atoms with Crippen molar-refractivity contribution in [2.75, 3.05) is 7.11 Å². The molecule has 0 fully saturated rings. The van der Waals surface area contributed by atoms with Crippen LogP contribution in [-0.2, 0) is 11.2 Å². The number of methoxy groups -OCH3 is 1. The molecule has 0 radical (unpaired) electrons. The van der Waals surface area contributed by atoms with E-state index in [1.807, 2.05) is 36.4 Å². The van der Waals surface area contributed by atoms with Gasteiger partial charge >= 0.3 is 5.97 Å². The van der Waals surface area contributed by atoms with Gasteiger partial charge in [0.1, 0.15) is 5.75 Å². The number of unbranched alkanes of at least 4 members (excludes halogenated alkanes) is 1. The first-order chi connectivity index (χ1) is 11.2. The highest BCUT2D eigenvalue weighted by Crippen LogP contribution is 2.35. The van der Waals surface area contributed by atoms with Crippen LogP contribution < -0.4 is 4.74 Å². The number of aryl methyl sites for hydroxylation is 1. The highest BCUT2D eigenvalue weighted by Gasteiger charge is 2.21. The summed E-state index contributed by atoms with van der Waals surface area (Å²) in [6.45, 7) is 2.17. The minimum Gasteiger partial charge on any atom is -0.496 e. The molecule has 1 N–H and O–H groups in total. The molecule has 23 heavy (non-hydrogen) atoms. The van der Waals surface area contributed by atoms with Crippen LogP contribution in [0.1, 0.15) is 48.8 Å². The van der Waals surface area contributed by atoms with Gasteiger partial charge in [0.25, 0.3) is 0 Å². The van der Waals surface area contributed by atoms with Crippen molar-refractivity contribution in [1.82, 2.24) is 0 Å². The second-order valence-electron chi connectivity index (χ2n) is 5.74. The normalized spacial score (nSPS) is 11.9. The third-order valence-electron chi connectivity index (χ3n) is 4.07. The van der Waals surface area contributed by atoms with Crippen LogP contribution in [0.5, 0.6) is 5.75 Å². The molecule has 0 heterocycles. The van der Waals surface area contributed by atoms with E-state index in [-0.39, 0.29) is 12.3 Å². The zero-order valence-corrected chi connectivity index (χ0v) is 13.8. The molecule has 0 aliphatic carbocycles. The Hall–Kier alpha value is -2.29. The standard InChI is InChI=1S/C20H24O3/c1-3-4-8-15-11-12-19(23-2)18(13-15)17(14-20(21)22)16-9-6-5-7-10-16/h5-7,9-13,17H,3-4,8,14H2,1-2H3,(H,21,22). The van der Waals surface area contributed by atoms with E-state index in [2.05, 4.69) is 19.1 Å². The van der Waals surface area contributed by atoms with Crippen molar-refractivity contribution in [3.63, 3.8) is 0 Å². The van der Waals surface area contributed by atoms with Crippen LogP contribution >= 0.6 is 0 Å². The van der Waals surface area contributed by atoms with Gasteiger partial charge in [-0.25, -0.2) is 0 Å². The molecule has 1 unspecified atom stereocenters. The lowest BCUT2D eigenvalue weighted by atomic mass is 9.86. The number of carboxylic acid groups (broad SMARTS) is 1. The summed E-state index contributed by atoms with van der Waals surface area (Å²) in [5.74, 6) is -0.259. The largest absolute Gasteiger partial charge is 0.496 e. The van der Waals surface area contributed by atoms with E-state index in [0.717, 1.165) is 36.1 Å². The van der Waals surface area contributed by atoms with Crippen LogP contribution in [0.2, 0.25) is 0 Å². The van der Waals surface area contributed by atoms with Crippen molar-refractivity contribution < 1.29 is 14.6 Å². The Morgan fingerprint density at radius 1 is 1.17 bits per heavy atom. The first-order valence-corrected chi connectivity index (χ1v) is 8.09. The van der Waals surface area contributed by atoms with Gasteiger partial charge in [0.05, 0.1) is 13.5 Å². The number of carbonyl (C=O) groups is 1. The molecule has 0 bridgehead atoms. The van der Waals surface area contributed by atoms with Crippen LogP contribution in [0.3, 0.4) is 0 Å². The molecule has 0 aliphatic heterocycles. The zero-order chi connectivity index (χ0) is 16.7. The molecule has 1 atom stereocenters. The zero-order valence-electron chi connectivity index (χ0n) is 13.8. The minimum atomic E-state index is -0.806. The molecule has 122 valence electrons. The first kappa shape index (κ1) is 17.1. The van der Waals surface area contributed by atoms with Crippen molar-refractivity contribution in [2.45, 2.75) is 38.5 Å². The SMILES string of the molecule is CCCCc1ccc(OC)c(C(CC(=O)O)c2ccccc2)c1. The van der Waals surface area contributed by atoms with E-state index in [4.69, 9.17) is 4.74 Å². The predicted octanol–water partition coefficient (Wildman–Crippen LogP) is 4.64. The molecule has 0 aromatic heterocycles. The van der Waals surface area contributed by atoms with Gasteiger partial charge in [0.2, 0.25) is 0 Å². The number of benzene rings is 2. The third kappa shape index (κ3) is 4.59. The molecular weight excluding hydrogens is 288 g/mol. The molecule has 2 rings (SSSR count). The van der Waals surface area contributed by atoms with Gasteiger partial charge in [0.15, 0.2) is 0 Å². The van der Waals surface area contributed by atoms with E-state index < -0.39 is 5.97 Å². The fourth-order valence-corrected chi connectivity index (χ4v) is 2.86. The summed E-state index contributed by atoms with van der Waals surface area (Å²) in [5.41, 5.74) is 3.18. The predicted molar refractivity (Wildman–Crippen MR) is 92.1 cm³/mol. The fourth-order valence-electron chi connectivity index (χ4n) is 2.86. The van der Waals surface area contributed by atoms with Gasteiger partial charge in [-0.15, -0.1) is 0 Å². The Morgan fingerprint density at radius 2 is 1.91 bits per heavy atom. The van der Waals surface area contributed by atoms with E-state index in [0.29, 0.717) is 0 Å². The summed E-state index contributed by atoms with van der Waals surface area (Å²) >= 11 is 0. The molecule has 3 nitrogen and oxygen atoms in total. The molecule has 0 saturated carbocycles. The van der Waals surface area contributed by atoms with E-state index in [1.54, 1.807) is 7.11 Å². The minimum absolute atomic E-state index is 0.0532. The van der Waals surface area contributed by atoms with Gasteiger partial charge in [-0.2, -0.15) is 0 Å². The number of hydrogen-bond donors (Lipinski definition) is 1. The maximum absolute atomic E-state index is 11.4. The molecule has 0 amide bonds. The summed E-state index contributed by atoms with van der Waals surface area (Å²) in [6, 6.07) is 15.9. The third-order valence-corrected chi connectivity index (χ3v) is 4.07. The summed E-state index contributed by atoms with van der Waals surface area (Å²) in [5, 5.41) is 9.34. The van der Waals surface area contributed by atoms with Gasteiger partial charge in [-0.05, 0) is 30.0 Å². The molecule has 0 spiro atoms. The lowest BCUT2D eigenvalue weighted by molar-refractivity contribution is -0.137. The fraction of sp³-hybridized carbons (Fsp3) is 0.350. The lowest BCUT2D eigenvalue weighted by Crippen LogP contribution is -2.10. The number of aliphatic carboxylic acids is 1. The van der Waals surface area contributed by atoms with Crippen LogP contribution in [0, 0.1) is 0 Å².